The van der Waals surface area contributed by atoms with Gasteiger partial charge in [0.15, 0.2) is 6.10 Å². The normalized spacial score (nSPS) is 13.0. The standard InChI is InChI=1S/C59H96O6/c1-4-7-10-13-16-19-22-24-26-28-29-31-32-34-37-40-43-46-49-52-58(61)64-55-56(54-63-57(60)51-48-45-42-39-36-21-18-15-12-9-6-3)65-59(62)53-50-47-44-41-38-35-33-30-27-25-23-20-17-14-11-8-5-2/h7,9-10,12,16,18-19,21,24-27,33,35,39,41-42,44,56H,4-6,8,11,13-15,17,20,22-23,28-32,34,36-38,40,43,45-55H2,1-3H3/b10-7-,12-9-,19-16-,21-18-,26-24-,27-25-,35-33-,42-39-,44-41-. The smallest absolute Gasteiger partial charge is 0.306 e. The van der Waals surface area contributed by atoms with Crippen LogP contribution in [0.1, 0.15) is 226 Å². The van der Waals surface area contributed by atoms with E-state index in [0.29, 0.717) is 19.3 Å². The summed E-state index contributed by atoms with van der Waals surface area (Å²) in [5.41, 5.74) is 0. The van der Waals surface area contributed by atoms with Gasteiger partial charge in [-0.05, 0) is 109 Å². The summed E-state index contributed by atoms with van der Waals surface area (Å²) in [5.74, 6) is -1.04. The highest BCUT2D eigenvalue weighted by Crippen LogP contribution is 2.13. The molecule has 0 aromatic rings. The van der Waals surface area contributed by atoms with Crippen molar-refractivity contribution in [2.75, 3.05) is 13.2 Å². The van der Waals surface area contributed by atoms with Crippen LogP contribution >= 0.6 is 0 Å². The van der Waals surface area contributed by atoms with Crippen LogP contribution in [0.5, 0.6) is 0 Å². The van der Waals surface area contributed by atoms with Crippen LogP contribution in [0.4, 0.5) is 0 Å². The van der Waals surface area contributed by atoms with Crippen LogP contribution in [-0.4, -0.2) is 37.2 Å². The Bertz CT molecular complexity index is 1360. The van der Waals surface area contributed by atoms with Crippen molar-refractivity contribution in [1.29, 1.82) is 0 Å². The van der Waals surface area contributed by atoms with E-state index in [1.165, 1.54) is 83.5 Å². The Balaban J connectivity index is 4.48. The Morgan fingerprint density at radius 3 is 1.00 bits per heavy atom. The Morgan fingerprint density at radius 2 is 0.615 bits per heavy atom. The molecule has 0 aliphatic rings. The molecule has 0 N–H and O–H groups in total. The summed E-state index contributed by atoms with van der Waals surface area (Å²) in [6.07, 6.45) is 70.9. The lowest BCUT2D eigenvalue weighted by Gasteiger charge is -2.18. The Kier molecular flexibility index (Phi) is 49.5. The predicted octanol–water partition coefficient (Wildman–Crippen LogP) is 17.5. The zero-order valence-electron chi connectivity index (χ0n) is 42.0. The fraction of sp³-hybridized carbons (Fsp3) is 0.644. The largest absolute Gasteiger partial charge is 0.462 e. The lowest BCUT2D eigenvalue weighted by atomic mass is 10.1. The van der Waals surface area contributed by atoms with Gasteiger partial charge in [-0.3, -0.25) is 14.4 Å². The number of carbonyl (C=O) groups excluding carboxylic acids is 3. The third-order valence-corrected chi connectivity index (χ3v) is 10.7. The van der Waals surface area contributed by atoms with Crippen molar-refractivity contribution in [3.63, 3.8) is 0 Å². The van der Waals surface area contributed by atoms with Crippen molar-refractivity contribution < 1.29 is 28.6 Å². The van der Waals surface area contributed by atoms with E-state index in [-0.39, 0.29) is 44.0 Å². The Hall–Kier alpha value is -3.93. The van der Waals surface area contributed by atoms with E-state index in [4.69, 9.17) is 14.2 Å². The molecular weight excluding hydrogens is 805 g/mol. The van der Waals surface area contributed by atoms with Crippen molar-refractivity contribution >= 4 is 17.9 Å². The summed E-state index contributed by atoms with van der Waals surface area (Å²) < 4.78 is 16.7. The van der Waals surface area contributed by atoms with Gasteiger partial charge in [-0.2, -0.15) is 0 Å². The van der Waals surface area contributed by atoms with Crippen molar-refractivity contribution in [2.24, 2.45) is 0 Å². The van der Waals surface area contributed by atoms with E-state index in [9.17, 15) is 14.4 Å². The molecule has 0 radical (unpaired) electrons. The minimum Gasteiger partial charge on any atom is -0.462 e. The summed E-state index contributed by atoms with van der Waals surface area (Å²) in [6, 6.07) is 0. The van der Waals surface area contributed by atoms with E-state index in [1.807, 2.05) is 0 Å². The van der Waals surface area contributed by atoms with Gasteiger partial charge in [0, 0.05) is 19.3 Å². The first-order valence-corrected chi connectivity index (χ1v) is 26.4. The van der Waals surface area contributed by atoms with Crippen molar-refractivity contribution in [2.45, 2.75) is 232 Å². The molecule has 0 fully saturated rings. The highest BCUT2D eigenvalue weighted by atomic mass is 16.6. The summed E-state index contributed by atoms with van der Waals surface area (Å²) in [6.45, 7) is 6.30. The predicted molar refractivity (Wildman–Crippen MR) is 279 cm³/mol. The second-order valence-electron chi connectivity index (χ2n) is 17.0. The minimum absolute atomic E-state index is 0.118. The van der Waals surface area contributed by atoms with Crippen molar-refractivity contribution in [3.8, 4) is 0 Å². The average Bonchev–Trinajstić information content (AvgIpc) is 3.30. The van der Waals surface area contributed by atoms with E-state index >= 15 is 0 Å². The monoisotopic (exact) mass is 901 g/mol. The first-order valence-electron chi connectivity index (χ1n) is 26.4. The van der Waals surface area contributed by atoms with Crippen LogP contribution in [0, 0.1) is 0 Å². The zero-order chi connectivity index (χ0) is 47.2. The second-order valence-corrected chi connectivity index (χ2v) is 17.0. The molecule has 0 aliphatic carbocycles. The molecule has 0 bridgehead atoms. The fourth-order valence-corrected chi connectivity index (χ4v) is 6.85. The lowest BCUT2D eigenvalue weighted by Crippen LogP contribution is -2.30. The van der Waals surface area contributed by atoms with Gasteiger partial charge in [-0.25, -0.2) is 0 Å². The summed E-state index contributed by atoms with van der Waals surface area (Å²) in [4.78, 5) is 37.9. The van der Waals surface area contributed by atoms with Gasteiger partial charge in [0.05, 0.1) is 0 Å². The maximum Gasteiger partial charge on any atom is 0.306 e. The fourth-order valence-electron chi connectivity index (χ4n) is 6.85. The van der Waals surface area contributed by atoms with Gasteiger partial charge in [0.1, 0.15) is 13.2 Å². The molecule has 0 aliphatic heterocycles. The van der Waals surface area contributed by atoms with Crippen molar-refractivity contribution in [1.82, 2.24) is 0 Å². The number of rotatable bonds is 46. The molecule has 1 atom stereocenters. The number of allylic oxidation sites excluding steroid dienone is 18. The molecule has 6 nitrogen and oxygen atoms in total. The average molecular weight is 901 g/mol. The summed E-state index contributed by atoms with van der Waals surface area (Å²) in [5, 5.41) is 0. The van der Waals surface area contributed by atoms with Crippen molar-refractivity contribution in [3.05, 3.63) is 109 Å². The van der Waals surface area contributed by atoms with E-state index in [0.717, 1.165) is 89.9 Å². The van der Waals surface area contributed by atoms with Gasteiger partial charge in [0.25, 0.3) is 0 Å². The molecule has 0 aromatic heterocycles. The van der Waals surface area contributed by atoms with Gasteiger partial charge < -0.3 is 14.2 Å². The van der Waals surface area contributed by atoms with Crippen LogP contribution in [0.25, 0.3) is 0 Å². The second kappa shape index (κ2) is 52.7. The number of hydrogen-bond acceptors (Lipinski definition) is 6. The number of hydrogen-bond donors (Lipinski definition) is 0. The van der Waals surface area contributed by atoms with Crippen LogP contribution in [0.2, 0.25) is 0 Å². The maximum atomic E-state index is 12.8. The molecule has 0 saturated carbocycles. The van der Waals surface area contributed by atoms with Gasteiger partial charge in [0.2, 0.25) is 0 Å². The van der Waals surface area contributed by atoms with Crippen LogP contribution in [0.15, 0.2) is 109 Å². The Labute approximate surface area is 400 Å². The van der Waals surface area contributed by atoms with E-state index < -0.39 is 6.10 Å². The molecule has 368 valence electrons. The summed E-state index contributed by atoms with van der Waals surface area (Å²) in [7, 11) is 0. The molecule has 6 heteroatoms. The molecule has 0 saturated heterocycles. The highest BCUT2D eigenvalue weighted by molar-refractivity contribution is 5.71. The van der Waals surface area contributed by atoms with Gasteiger partial charge in [-0.1, -0.05) is 207 Å². The van der Waals surface area contributed by atoms with E-state index in [2.05, 4.69) is 130 Å². The molecule has 0 heterocycles. The van der Waals surface area contributed by atoms with Crippen LogP contribution < -0.4 is 0 Å². The quantitative estimate of drug-likeness (QED) is 0.0262. The van der Waals surface area contributed by atoms with Crippen LogP contribution in [-0.2, 0) is 28.6 Å². The number of unbranched alkanes of at least 4 members (excludes halogenated alkanes) is 17. The molecule has 1 unspecified atom stereocenters. The summed E-state index contributed by atoms with van der Waals surface area (Å²) >= 11 is 0. The molecule has 0 amide bonds. The van der Waals surface area contributed by atoms with Gasteiger partial charge in [-0.15, -0.1) is 0 Å². The molecule has 0 spiro atoms. The molecular formula is C59H96O6. The number of ether oxygens (including phenoxy) is 3. The maximum absolute atomic E-state index is 12.8. The lowest BCUT2D eigenvalue weighted by molar-refractivity contribution is -0.167. The van der Waals surface area contributed by atoms with Gasteiger partial charge >= 0.3 is 17.9 Å². The number of esters is 3. The Morgan fingerprint density at radius 1 is 0.323 bits per heavy atom. The third-order valence-electron chi connectivity index (χ3n) is 10.7. The van der Waals surface area contributed by atoms with E-state index in [1.54, 1.807) is 0 Å². The number of carbonyl (C=O) groups is 3. The third kappa shape index (κ3) is 50.9. The molecule has 0 aromatic carbocycles. The first kappa shape index (κ1) is 61.1. The first-order chi connectivity index (χ1) is 32.0. The topological polar surface area (TPSA) is 78.9 Å². The van der Waals surface area contributed by atoms with Crippen LogP contribution in [0.3, 0.4) is 0 Å². The molecule has 65 heavy (non-hydrogen) atoms. The SMILES string of the molecule is CC/C=C\C/C=C\C/C=C\CCCCCCCCCCCC(=O)OCC(COC(=O)CCC/C=C\C/C=C\C/C=C\CC)OC(=O)CCC/C=C\C/C=C\C/C=C\CCCCCCCC. The minimum atomic E-state index is -0.828. The highest BCUT2D eigenvalue weighted by Gasteiger charge is 2.19. The zero-order valence-corrected chi connectivity index (χ0v) is 42.0. The molecule has 0 rings (SSSR count).